The first kappa shape index (κ1) is 74.8. The molecule has 16 nitrogen and oxygen atoms in total. The largest absolute Gasteiger partial charge is 0.472 e. The molecule has 0 saturated carbocycles. The smallest absolute Gasteiger partial charge is 0.463 e. The van der Waals surface area contributed by atoms with E-state index in [2.05, 4.69) is 57.2 Å². The van der Waals surface area contributed by atoms with E-state index < -0.39 is 91.5 Å². The molecule has 0 rings (SSSR count). The van der Waals surface area contributed by atoms with Crippen molar-refractivity contribution >= 4 is 33.6 Å². The summed E-state index contributed by atoms with van der Waals surface area (Å²) < 4.78 is 60.5. The predicted octanol–water partition coefficient (Wildman–Crippen LogP) is 15.5. The zero-order valence-corrected chi connectivity index (χ0v) is 50.2. The molecule has 77 heavy (non-hydrogen) atoms. The molecule has 0 aliphatic rings. The summed E-state index contributed by atoms with van der Waals surface area (Å²) in [5, 5.41) is 20.4. The van der Waals surface area contributed by atoms with E-state index in [1.165, 1.54) is 103 Å². The molecule has 0 aromatic heterocycles. The molecular weight excluding hydrogens is 1030 g/mol. The molecule has 0 spiro atoms. The maximum absolute atomic E-state index is 12.8. The highest BCUT2D eigenvalue weighted by molar-refractivity contribution is 7.47. The van der Waals surface area contributed by atoms with Crippen molar-refractivity contribution < 1.29 is 75.8 Å². The van der Waals surface area contributed by atoms with Crippen molar-refractivity contribution in [2.24, 2.45) is 0 Å². The summed E-state index contributed by atoms with van der Waals surface area (Å²) in [5.74, 6) is -1.58. The second-order valence-electron chi connectivity index (χ2n) is 20.5. The van der Waals surface area contributed by atoms with Crippen molar-refractivity contribution in [3.8, 4) is 0 Å². The van der Waals surface area contributed by atoms with Crippen LogP contribution in [0, 0.1) is 0 Å². The summed E-state index contributed by atoms with van der Waals surface area (Å²) in [4.78, 5) is 58.0. The molecular formula is C59H110O16P2. The van der Waals surface area contributed by atoms with Crippen LogP contribution >= 0.6 is 15.6 Å². The topological polar surface area (TPSA) is 231 Å². The lowest BCUT2D eigenvalue weighted by Crippen LogP contribution is -2.30. The highest BCUT2D eigenvalue weighted by Gasteiger charge is 2.29. The number of allylic oxidation sites excluding steroid dienone is 6. The van der Waals surface area contributed by atoms with E-state index in [1.54, 1.807) is 0 Å². The fraction of sp³-hybridized carbons (Fsp3) is 0.847. The molecule has 5 atom stereocenters. The monoisotopic (exact) mass is 1140 g/mol. The normalized spacial score (nSPS) is 14.7. The van der Waals surface area contributed by atoms with Gasteiger partial charge in [-0.15, -0.1) is 0 Å². The van der Waals surface area contributed by atoms with Gasteiger partial charge in [-0.25, -0.2) is 9.13 Å². The Balaban J connectivity index is 4.65. The van der Waals surface area contributed by atoms with Gasteiger partial charge in [0.05, 0.1) is 26.4 Å². The van der Waals surface area contributed by atoms with Crippen LogP contribution in [0.5, 0.6) is 0 Å². The highest BCUT2D eigenvalue weighted by atomic mass is 31.2. The third kappa shape index (κ3) is 55.5. The Morgan fingerprint density at radius 2 is 0.662 bits per heavy atom. The van der Waals surface area contributed by atoms with Gasteiger partial charge in [0.15, 0.2) is 6.10 Å². The Bertz CT molecular complexity index is 1570. The Morgan fingerprint density at radius 3 is 1.09 bits per heavy atom. The van der Waals surface area contributed by atoms with Crippen LogP contribution in [0.1, 0.15) is 265 Å². The molecule has 4 N–H and O–H groups in total. The molecule has 0 amide bonds. The van der Waals surface area contributed by atoms with Gasteiger partial charge in [0.1, 0.15) is 25.4 Å². The van der Waals surface area contributed by atoms with Gasteiger partial charge in [-0.05, 0) is 70.6 Å². The van der Waals surface area contributed by atoms with Crippen LogP contribution in [0.4, 0.5) is 0 Å². The fourth-order valence-electron chi connectivity index (χ4n) is 8.11. The van der Waals surface area contributed by atoms with Crippen molar-refractivity contribution in [3.05, 3.63) is 36.5 Å². The lowest BCUT2D eigenvalue weighted by molar-refractivity contribution is -0.161. The molecule has 0 aliphatic carbocycles. The van der Waals surface area contributed by atoms with Gasteiger partial charge in [0, 0.05) is 19.3 Å². The summed E-state index contributed by atoms with van der Waals surface area (Å²) in [5.41, 5.74) is 0. The van der Waals surface area contributed by atoms with Gasteiger partial charge < -0.3 is 34.2 Å². The Morgan fingerprint density at radius 1 is 0.364 bits per heavy atom. The molecule has 0 fully saturated rings. The highest BCUT2D eigenvalue weighted by Crippen LogP contribution is 2.45. The van der Waals surface area contributed by atoms with E-state index in [9.17, 15) is 43.5 Å². The molecule has 0 radical (unpaired) electrons. The van der Waals surface area contributed by atoms with Gasteiger partial charge in [0.2, 0.25) is 0 Å². The maximum Gasteiger partial charge on any atom is 0.472 e. The van der Waals surface area contributed by atoms with Gasteiger partial charge in [-0.1, -0.05) is 211 Å². The summed E-state index contributed by atoms with van der Waals surface area (Å²) >= 11 is 0. The number of hydrogen-bond donors (Lipinski definition) is 4. The van der Waals surface area contributed by atoms with Crippen LogP contribution in [-0.2, 0) is 55.8 Å². The lowest BCUT2D eigenvalue weighted by atomic mass is 10.0. The van der Waals surface area contributed by atoms with Crippen LogP contribution in [0.2, 0.25) is 0 Å². The van der Waals surface area contributed by atoms with E-state index in [0.29, 0.717) is 19.3 Å². The number of aliphatic hydroxyl groups is 2. The number of carbonyl (C=O) groups is 3. The first-order chi connectivity index (χ1) is 37.2. The SMILES string of the molecule is CCCC/C=C\CCCCCCCC(=O)OC(COC(=O)CCCCCCCCCCCCCCCCC)COP(=O)(O)OCC(O)COP(=O)(O)OCC(O)COC(=O)CCCCCCC/C=C\C/C=C\CCCCC. The molecule has 0 heterocycles. The second-order valence-corrected chi connectivity index (χ2v) is 23.4. The molecule has 0 aliphatic heterocycles. The number of aliphatic hydroxyl groups excluding tert-OH is 2. The third-order valence-electron chi connectivity index (χ3n) is 12.8. The van der Waals surface area contributed by atoms with E-state index in [4.69, 9.17) is 32.3 Å². The number of phosphoric ester groups is 2. The van der Waals surface area contributed by atoms with Crippen LogP contribution in [-0.4, -0.2) is 95.9 Å². The van der Waals surface area contributed by atoms with E-state index in [1.807, 2.05) is 0 Å². The van der Waals surface area contributed by atoms with Gasteiger partial charge in [-0.2, -0.15) is 0 Å². The maximum atomic E-state index is 12.8. The number of carbonyl (C=O) groups excluding carboxylic acids is 3. The molecule has 452 valence electrons. The number of rotatable bonds is 58. The van der Waals surface area contributed by atoms with Gasteiger partial charge in [-0.3, -0.25) is 32.5 Å². The number of esters is 3. The van der Waals surface area contributed by atoms with Gasteiger partial charge in [0.25, 0.3) is 0 Å². The van der Waals surface area contributed by atoms with E-state index in [0.717, 1.165) is 103 Å². The van der Waals surface area contributed by atoms with Crippen LogP contribution in [0.3, 0.4) is 0 Å². The van der Waals surface area contributed by atoms with Crippen molar-refractivity contribution in [3.63, 3.8) is 0 Å². The van der Waals surface area contributed by atoms with Gasteiger partial charge >= 0.3 is 33.6 Å². The molecule has 0 saturated heterocycles. The standard InChI is InChI=1S/C59H110O16P2/c1-4-7-10-13-16-19-22-24-26-28-31-33-36-39-42-45-57(62)69-48-54(60)49-71-76(65,66)72-50-55(61)51-73-77(67,68)74-53-56(75-59(64)47-44-41-38-35-30-21-18-15-12-9-6-3)52-70-58(63)46-43-40-37-34-32-29-27-25-23-20-17-14-11-8-5-2/h15-16,18-19,24,26,54-56,60-61H,4-14,17,20-23,25,27-53H2,1-3H3,(H,65,66)(H,67,68)/b18-15-,19-16-,26-24-. The Hall–Kier alpha value is -2.23. The average Bonchev–Trinajstić information content (AvgIpc) is 3.40. The van der Waals surface area contributed by atoms with E-state index in [-0.39, 0.29) is 19.3 Å². The van der Waals surface area contributed by atoms with Crippen molar-refractivity contribution in [1.29, 1.82) is 0 Å². The molecule has 0 bridgehead atoms. The minimum absolute atomic E-state index is 0.0992. The first-order valence-corrected chi connectivity index (χ1v) is 33.3. The van der Waals surface area contributed by atoms with Crippen molar-refractivity contribution in [2.75, 3.05) is 39.6 Å². The van der Waals surface area contributed by atoms with Crippen molar-refractivity contribution in [2.45, 2.75) is 283 Å². The Kier molecular flexibility index (Phi) is 52.8. The lowest BCUT2D eigenvalue weighted by Gasteiger charge is -2.21. The average molecular weight is 1140 g/mol. The third-order valence-corrected chi connectivity index (χ3v) is 14.7. The summed E-state index contributed by atoms with van der Waals surface area (Å²) in [6.45, 7) is 2.58. The fourth-order valence-corrected chi connectivity index (χ4v) is 9.70. The molecule has 18 heteroatoms. The predicted molar refractivity (Wildman–Crippen MR) is 307 cm³/mol. The zero-order chi connectivity index (χ0) is 56.8. The number of unbranched alkanes of at least 4 members (excludes halogenated alkanes) is 29. The van der Waals surface area contributed by atoms with Crippen molar-refractivity contribution in [1.82, 2.24) is 0 Å². The minimum atomic E-state index is -4.91. The number of phosphoric acid groups is 2. The Labute approximate surface area is 466 Å². The molecule has 5 unspecified atom stereocenters. The summed E-state index contributed by atoms with van der Waals surface area (Å²) in [6, 6.07) is 0. The van der Waals surface area contributed by atoms with Crippen LogP contribution < -0.4 is 0 Å². The molecule has 0 aromatic carbocycles. The second kappa shape index (κ2) is 54.4. The quantitative estimate of drug-likeness (QED) is 0.0146. The van der Waals surface area contributed by atoms with Crippen LogP contribution in [0.25, 0.3) is 0 Å². The van der Waals surface area contributed by atoms with Crippen LogP contribution in [0.15, 0.2) is 36.5 Å². The number of ether oxygens (including phenoxy) is 3. The van der Waals surface area contributed by atoms with E-state index >= 15 is 0 Å². The summed E-state index contributed by atoms with van der Waals surface area (Å²) in [7, 11) is -9.74. The minimum Gasteiger partial charge on any atom is -0.463 e. The molecule has 0 aromatic rings. The summed E-state index contributed by atoms with van der Waals surface area (Å²) in [6.07, 6.45) is 47.9. The first-order valence-electron chi connectivity index (χ1n) is 30.3. The zero-order valence-electron chi connectivity index (χ0n) is 48.4. The number of hydrogen-bond acceptors (Lipinski definition) is 14.